The summed E-state index contributed by atoms with van der Waals surface area (Å²) in [6.07, 6.45) is 0. The third kappa shape index (κ3) is 8.06. The fourth-order valence-corrected chi connectivity index (χ4v) is 0.699. The molecule has 7 nitrogen and oxygen atoms in total. The molecule has 0 aromatic carbocycles. The van der Waals surface area contributed by atoms with Crippen LogP contribution in [0.25, 0.3) is 0 Å². The molecule has 0 heterocycles. The van der Waals surface area contributed by atoms with Crippen molar-refractivity contribution < 1.29 is 24.6 Å². The van der Waals surface area contributed by atoms with Crippen molar-refractivity contribution in [2.75, 3.05) is 0 Å². The number of aliphatic carboxylic acids is 2. The summed E-state index contributed by atoms with van der Waals surface area (Å²) in [6.45, 7) is 6.38. The van der Waals surface area contributed by atoms with Crippen LogP contribution in [0.4, 0.5) is 0 Å². The molecule has 17 heavy (non-hydrogen) atoms. The van der Waals surface area contributed by atoms with Gasteiger partial charge in [0.2, 0.25) is 5.78 Å². The van der Waals surface area contributed by atoms with Crippen LogP contribution < -0.4 is 0 Å². The number of nitrogens with zero attached hydrogens (tertiary/aromatic N) is 1. The quantitative estimate of drug-likeness (QED) is 0.555. The highest BCUT2D eigenvalue weighted by molar-refractivity contribution is 6.33. The van der Waals surface area contributed by atoms with Gasteiger partial charge in [0.15, 0.2) is 6.04 Å². The lowest BCUT2D eigenvalue weighted by Gasteiger charge is -2.04. The average molecular weight is 247 g/mol. The van der Waals surface area contributed by atoms with Crippen molar-refractivity contribution in [3.63, 3.8) is 0 Å². The van der Waals surface area contributed by atoms with Crippen LogP contribution in [0, 0.1) is 16.7 Å². The van der Waals surface area contributed by atoms with Gasteiger partial charge in [-0.1, -0.05) is 32.9 Å². The zero-order valence-electron chi connectivity index (χ0n) is 10.2. The number of carboxylic acids is 2. The fourth-order valence-electron chi connectivity index (χ4n) is 0.699. The number of hydrogen-bond acceptors (Lipinski definition) is 5. The van der Waals surface area contributed by atoms with E-state index in [0.717, 1.165) is 0 Å². The zero-order chi connectivity index (χ0) is 14.2. The second kappa shape index (κ2) is 8.37. The summed E-state index contributed by atoms with van der Waals surface area (Å²) in [5.41, 5.74) is 0. The van der Waals surface area contributed by atoms with E-state index in [1.165, 1.54) is 0 Å². The van der Waals surface area contributed by atoms with Crippen LogP contribution in [0.5, 0.6) is 0 Å². The van der Waals surface area contributed by atoms with Crippen LogP contribution in [0.15, 0.2) is 5.18 Å². The van der Waals surface area contributed by atoms with Gasteiger partial charge >= 0.3 is 11.9 Å². The van der Waals surface area contributed by atoms with Crippen LogP contribution in [0.3, 0.4) is 0 Å². The maximum Gasteiger partial charge on any atom is 0.372 e. The Hall–Kier alpha value is -1.79. The van der Waals surface area contributed by atoms with E-state index in [-0.39, 0.29) is 5.92 Å². The van der Waals surface area contributed by atoms with Gasteiger partial charge in [0.05, 0.1) is 0 Å². The largest absolute Gasteiger partial charge is 0.480 e. The molecule has 0 amide bonds. The van der Waals surface area contributed by atoms with E-state index in [0.29, 0.717) is 0 Å². The van der Waals surface area contributed by atoms with E-state index in [1.54, 1.807) is 27.7 Å². The predicted octanol–water partition coefficient (Wildman–Crippen LogP) is 1.16. The monoisotopic (exact) mass is 247 g/mol. The van der Waals surface area contributed by atoms with Gasteiger partial charge < -0.3 is 10.2 Å². The highest BCUT2D eigenvalue weighted by atomic mass is 16.4. The molecule has 1 atom stereocenters. The van der Waals surface area contributed by atoms with E-state index in [9.17, 15) is 19.3 Å². The highest BCUT2D eigenvalue weighted by Gasteiger charge is 2.21. The molecular weight excluding hydrogens is 230 g/mol. The summed E-state index contributed by atoms with van der Waals surface area (Å²) in [5.74, 6) is -3.85. The summed E-state index contributed by atoms with van der Waals surface area (Å²) in [6, 6.07) is -1.09. The molecular formula is C10H17NO6. The lowest BCUT2D eigenvalue weighted by Crippen LogP contribution is -2.22. The van der Waals surface area contributed by atoms with Gasteiger partial charge in [-0.05, 0) is 5.92 Å². The summed E-state index contributed by atoms with van der Waals surface area (Å²) in [7, 11) is 0. The van der Waals surface area contributed by atoms with Gasteiger partial charge in [-0.2, -0.15) is 0 Å². The average Bonchev–Trinajstić information content (AvgIpc) is 2.16. The number of Topliss-reactive ketones (excluding diaryl/α,β-unsaturated/α-hetero) is 1. The first-order valence-corrected chi connectivity index (χ1v) is 4.97. The molecule has 0 aliphatic heterocycles. The summed E-state index contributed by atoms with van der Waals surface area (Å²) >= 11 is 0. The molecule has 7 heteroatoms. The topological polar surface area (TPSA) is 121 Å². The zero-order valence-corrected chi connectivity index (χ0v) is 10.2. The molecule has 0 rings (SSSR count). The van der Waals surface area contributed by atoms with Crippen molar-refractivity contribution in [3.05, 3.63) is 4.91 Å². The minimum Gasteiger partial charge on any atom is -0.480 e. The second-order valence-corrected chi connectivity index (χ2v) is 3.96. The summed E-state index contributed by atoms with van der Waals surface area (Å²) < 4.78 is 0. The molecule has 0 aliphatic rings. The Morgan fingerprint density at radius 1 is 1.00 bits per heavy atom. The van der Waals surface area contributed by atoms with Crippen molar-refractivity contribution in [1.29, 1.82) is 0 Å². The maximum absolute atomic E-state index is 10.2. The molecule has 0 fully saturated rings. The van der Waals surface area contributed by atoms with E-state index >= 15 is 0 Å². The Labute approximate surface area is 98.8 Å². The van der Waals surface area contributed by atoms with Gasteiger partial charge in [0, 0.05) is 5.92 Å². The molecule has 0 aliphatic carbocycles. The van der Waals surface area contributed by atoms with Crippen LogP contribution >= 0.6 is 0 Å². The van der Waals surface area contributed by atoms with Gasteiger partial charge in [-0.15, -0.1) is 4.91 Å². The van der Waals surface area contributed by atoms with Gasteiger partial charge in [-0.3, -0.25) is 4.79 Å². The first kappa shape index (κ1) is 17.6. The van der Waals surface area contributed by atoms with Crippen molar-refractivity contribution in [3.8, 4) is 0 Å². The molecule has 0 aromatic rings. The number of carbonyl (C=O) groups is 3. The van der Waals surface area contributed by atoms with E-state index in [2.05, 4.69) is 5.18 Å². The number of hydrogen-bond donors (Lipinski definition) is 2. The Morgan fingerprint density at radius 3 is 1.41 bits per heavy atom. The molecule has 0 aromatic heterocycles. The lowest BCUT2D eigenvalue weighted by molar-refractivity contribution is -0.150. The van der Waals surface area contributed by atoms with Gasteiger partial charge in [0.25, 0.3) is 0 Å². The van der Waals surface area contributed by atoms with Crippen LogP contribution in [-0.2, 0) is 14.4 Å². The SMILES string of the molecule is CC(C)C(=O)C(=O)O.CC(C)[C@H](N=O)C(=O)O. The Bertz CT molecular complexity index is 297. The standard InChI is InChI=1S/C5H9NO3.C5H8O3/c1-3(2)4(6-9)5(7)8;1-3(2)4(6)5(7)8/h3-4H,1-2H3,(H,7,8);3H,1-2H3,(H,7,8)/t4-;/m0./s1. The molecule has 0 radical (unpaired) electrons. The second-order valence-electron chi connectivity index (χ2n) is 3.96. The Kier molecular flexibility index (Phi) is 8.67. The van der Waals surface area contributed by atoms with Crippen molar-refractivity contribution in [2.24, 2.45) is 17.0 Å². The summed E-state index contributed by atoms with van der Waals surface area (Å²) in [4.78, 5) is 39.9. The number of ketones is 1. The maximum atomic E-state index is 10.2. The smallest absolute Gasteiger partial charge is 0.372 e. The molecule has 0 saturated heterocycles. The van der Waals surface area contributed by atoms with Crippen molar-refractivity contribution in [2.45, 2.75) is 33.7 Å². The summed E-state index contributed by atoms with van der Waals surface area (Å²) in [5, 5.41) is 18.7. The minimum atomic E-state index is -1.35. The molecule has 0 unspecified atom stereocenters. The van der Waals surface area contributed by atoms with Crippen LogP contribution in [-0.4, -0.2) is 34.0 Å². The molecule has 98 valence electrons. The fraction of sp³-hybridized carbons (Fsp3) is 0.700. The Morgan fingerprint density at radius 2 is 1.41 bits per heavy atom. The van der Waals surface area contributed by atoms with Crippen LogP contribution in [0.2, 0.25) is 0 Å². The third-order valence-corrected chi connectivity index (χ3v) is 1.73. The van der Waals surface area contributed by atoms with E-state index in [1.807, 2.05) is 0 Å². The minimum absolute atomic E-state index is 0.222. The normalized spacial score (nSPS) is 11.4. The Balaban J connectivity index is 0. The number of carbonyl (C=O) groups excluding carboxylic acids is 1. The third-order valence-electron chi connectivity index (χ3n) is 1.73. The van der Waals surface area contributed by atoms with E-state index < -0.39 is 29.7 Å². The predicted molar refractivity (Wildman–Crippen MR) is 59.5 cm³/mol. The number of nitroso groups, excluding NO2 is 1. The highest BCUT2D eigenvalue weighted by Crippen LogP contribution is 2.04. The molecule has 0 bridgehead atoms. The first-order chi connectivity index (χ1) is 7.64. The van der Waals surface area contributed by atoms with Crippen LogP contribution in [0.1, 0.15) is 27.7 Å². The number of rotatable bonds is 5. The molecule has 0 saturated carbocycles. The molecule has 0 spiro atoms. The van der Waals surface area contributed by atoms with Gasteiger partial charge in [-0.25, -0.2) is 9.59 Å². The first-order valence-electron chi connectivity index (χ1n) is 4.97. The molecule has 2 N–H and O–H groups in total. The van der Waals surface area contributed by atoms with Crippen molar-refractivity contribution in [1.82, 2.24) is 0 Å². The van der Waals surface area contributed by atoms with Gasteiger partial charge in [0.1, 0.15) is 0 Å². The van der Waals surface area contributed by atoms with Crippen molar-refractivity contribution >= 4 is 17.7 Å². The van der Waals surface area contributed by atoms with E-state index in [4.69, 9.17) is 10.2 Å². The number of carboxylic acid groups (broad SMARTS) is 2. The lowest BCUT2D eigenvalue weighted by atomic mass is 10.1.